The van der Waals surface area contributed by atoms with E-state index in [1.54, 1.807) is 0 Å². The van der Waals surface area contributed by atoms with Gasteiger partial charge in [-0.1, -0.05) is 27.7 Å². The second kappa shape index (κ2) is 17.3. The Balaban J connectivity index is -0.0000000300. The first-order valence-electron chi connectivity index (χ1n) is 2.89. The summed E-state index contributed by atoms with van der Waals surface area (Å²) < 4.78 is 0. The van der Waals surface area contributed by atoms with Gasteiger partial charge in [0.15, 0.2) is 0 Å². The third-order valence-corrected chi connectivity index (χ3v) is 0.667. The molecule has 0 aliphatic rings. The summed E-state index contributed by atoms with van der Waals surface area (Å²) in [5.41, 5.74) is 0. The predicted octanol–water partition coefficient (Wildman–Crippen LogP) is -4.44. The molecule has 4 N–H and O–H groups in total. The summed E-state index contributed by atoms with van der Waals surface area (Å²) in [6, 6.07) is 1.25. The molecule has 0 amide bonds. The molecule has 0 atom stereocenters. The maximum Gasteiger partial charge on any atom is 2.00 e. The van der Waals surface area contributed by atoms with E-state index in [1.165, 1.54) is 0 Å². The normalized spacial score (nSPS) is 7.09. The fourth-order valence-electron chi connectivity index (χ4n) is 0.667. The number of hydrogen-bond donors (Lipinski definition) is 2. The molecule has 0 bridgehead atoms. The molecule has 0 radical (unpaired) electrons. The third-order valence-electron chi connectivity index (χ3n) is 0.667. The molecule has 0 rings (SSSR count). The van der Waals surface area contributed by atoms with E-state index >= 15 is 0 Å². The van der Waals surface area contributed by atoms with E-state index in [0.717, 1.165) is 0 Å². The summed E-state index contributed by atoms with van der Waals surface area (Å²) in [7, 11) is 0. The number of rotatable bonds is 2. The van der Waals surface area contributed by atoms with Crippen LogP contribution >= 0.6 is 0 Å². The Morgan fingerprint density at radius 3 is 1.00 bits per heavy atom. The standard InChI is InChI=1S/C6H15N.2ClH.H3N.Pt/c1-5(2)7-6(3)4;;;;/h5-7H,1-4H3;2*1H;1H3;/q;;;;+2/p-2. The smallest absolute Gasteiger partial charge is 1.00 e. The monoisotopic (exact) mass is 383 g/mol. The van der Waals surface area contributed by atoms with E-state index in [0.29, 0.717) is 12.1 Å². The van der Waals surface area contributed by atoms with E-state index in [4.69, 9.17) is 0 Å². The van der Waals surface area contributed by atoms with Gasteiger partial charge >= 0.3 is 21.1 Å². The van der Waals surface area contributed by atoms with Gasteiger partial charge in [0.2, 0.25) is 0 Å². The fourth-order valence-corrected chi connectivity index (χ4v) is 0.667. The van der Waals surface area contributed by atoms with Crippen molar-refractivity contribution in [2.24, 2.45) is 0 Å². The Hall–Kier alpha value is 1.19. The predicted molar refractivity (Wildman–Crippen MR) is 38.4 cm³/mol. The zero-order valence-electron chi connectivity index (χ0n) is 7.43. The minimum atomic E-state index is 0. The number of nitrogens with one attached hydrogen (secondary N) is 1. The Morgan fingerprint density at radius 1 is 0.818 bits per heavy atom. The minimum absolute atomic E-state index is 0. The van der Waals surface area contributed by atoms with Gasteiger partial charge in [0.25, 0.3) is 0 Å². The first-order valence-corrected chi connectivity index (χ1v) is 2.89. The number of hydrogen-bond acceptors (Lipinski definition) is 2. The van der Waals surface area contributed by atoms with Gasteiger partial charge in [-0.2, -0.15) is 0 Å². The SMILES string of the molecule is CC(C)NC(C)C.N.[Cl-].[Cl-].[Pt+2]. The van der Waals surface area contributed by atoms with Gasteiger partial charge < -0.3 is 36.3 Å². The summed E-state index contributed by atoms with van der Waals surface area (Å²) >= 11 is 0. The van der Waals surface area contributed by atoms with Crippen molar-refractivity contribution in [1.82, 2.24) is 11.5 Å². The van der Waals surface area contributed by atoms with Crippen LogP contribution in [-0.4, -0.2) is 12.1 Å². The molecule has 0 aromatic rings. The average Bonchev–Trinajstić information content (AvgIpc) is 1.27. The summed E-state index contributed by atoms with van der Waals surface area (Å²) in [6.07, 6.45) is 0. The Morgan fingerprint density at radius 2 is 1.00 bits per heavy atom. The summed E-state index contributed by atoms with van der Waals surface area (Å²) in [5.74, 6) is 0. The van der Waals surface area contributed by atoms with Gasteiger partial charge in [0.05, 0.1) is 0 Å². The molecule has 0 spiro atoms. The maximum absolute atomic E-state index is 3.31. The first-order chi connectivity index (χ1) is 3.13. The molecule has 2 nitrogen and oxygen atoms in total. The topological polar surface area (TPSA) is 47.0 Å². The summed E-state index contributed by atoms with van der Waals surface area (Å²) in [5, 5.41) is 3.31. The zero-order chi connectivity index (χ0) is 5.86. The summed E-state index contributed by atoms with van der Waals surface area (Å²) in [6.45, 7) is 8.61. The molecule has 76 valence electrons. The Kier molecular flexibility index (Phi) is 46.5. The van der Waals surface area contributed by atoms with Crippen LogP contribution in [0.3, 0.4) is 0 Å². The molecule has 0 saturated heterocycles. The molecular formula is C6H18Cl2N2Pt. The van der Waals surface area contributed by atoms with Crippen LogP contribution in [0.4, 0.5) is 0 Å². The van der Waals surface area contributed by atoms with Crippen molar-refractivity contribution < 1.29 is 45.9 Å². The quantitative estimate of drug-likeness (QED) is 0.505. The average molecular weight is 384 g/mol. The van der Waals surface area contributed by atoms with Gasteiger partial charge in [0, 0.05) is 12.1 Å². The third kappa shape index (κ3) is 35.1. The van der Waals surface area contributed by atoms with Crippen LogP contribution in [0.1, 0.15) is 27.7 Å². The van der Waals surface area contributed by atoms with Crippen LogP contribution in [0.15, 0.2) is 0 Å². The second-order valence-electron chi connectivity index (χ2n) is 2.48. The van der Waals surface area contributed by atoms with E-state index in [1.807, 2.05) is 0 Å². The zero-order valence-corrected chi connectivity index (χ0v) is 11.2. The largest absolute Gasteiger partial charge is 2.00 e. The Bertz CT molecular complexity index is 47.8. The minimum Gasteiger partial charge on any atom is -1.00 e. The molecule has 0 fully saturated rings. The summed E-state index contributed by atoms with van der Waals surface area (Å²) in [4.78, 5) is 0. The molecule has 0 aliphatic heterocycles. The van der Waals surface area contributed by atoms with Gasteiger partial charge in [-0.05, 0) is 0 Å². The van der Waals surface area contributed by atoms with Crippen LogP contribution in [0.5, 0.6) is 0 Å². The molecule has 0 aromatic carbocycles. The van der Waals surface area contributed by atoms with Gasteiger partial charge in [-0.25, -0.2) is 0 Å². The van der Waals surface area contributed by atoms with Crippen molar-refractivity contribution in [2.75, 3.05) is 0 Å². The van der Waals surface area contributed by atoms with E-state index < -0.39 is 0 Å². The molecule has 0 aliphatic carbocycles. The van der Waals surface area contributed by atoms with E-state index in [9.17, 15) is 0 Å². The van der Waals surface area contributed by atoms with Crippen molar-refractivity contribution in [2.45, 2.75) is 39.8 Å². The van der Waals surface area contributed by atoms with Crippen molar-refractivity contribution in [3.8, 4) is 0 Å². The number of halogens is 2. The molecular weight excluding hydrogens is 366 g/mol. The molecule has 0 unspecified atom stereocenters. The van der Waals surface area contributed by atoms with E-state index in [-0.39, 0.29) is 52.0 Å². The van der Waals surface area contributed by atoms with Gasteiger partial charge in [-0.15, -0.1) is 0 Å². The molecule has 5 heteroatoms. The van der Waals surface area contributed by atoms with Crippen LogP contribution in [0, 0.1) is 0 Å². The molecule has 0 aromatic heterocycles. The van der Waals surface area contributed by atoms with Crippen LogP contribution < -0.4 is 36.3 Å². The second-order valence-corrected chi connectivity index (χ2v) is 2.48. The molecule has 0 heterocycles. The first kappa shape index (κ1) is 29.5. The van der Waals surface area contributed by atoms with Crippen LogP contribution in [0.25, 0.3) is 0 Å². The van der Waals surface area contributed by atoms with Crippen molar-refractivity contribution in [3.05, 3.63) is 0 Å². The van der Waals surface area contributed by atoms with Gasteiger partial charge in [0.1, 0.15) is 0 Å². The van der Waals surface area contributed by atoms with Gasteiger partial charge in [-0.3, -0.25) is 0 Å². The van der Waals surface area contributed by atoms with Crippen molar-refractivity contribution in [3.63, 3.8) is 0 Å². The van der Waals surface area contributed by atoms with E-state index in [2.05, 4.69) is 33.0 Å². The molecule has 0 saturated carbocycles. The van der Waals surface area contributed by atoms with Crippen LogP contribution in [0.2, 0.25) is 0 Å². The van der Waals surface area contributed by atoms with Crippen molar-refractivity contribution in [1.29, 1.82) is 0 Å². The maximum atomic E-state index is 3.31. The fraction of sp³-hybridized carbons (Fsp3) is 1.00. The Labute approximate surface area is 96.9 Å². The van der Waals surface area contributed by atoms with Crippen molar-refractivity contribution >= 4 is 0 Å². The molecule has 11 heavy (non-hydrogen) atoms. The van der Waals surface area contributed by atoms with Crippen LogP contribution in [-0.2, 0) is 21.1 Å².